The highest BCUT2D eigenvalue weighted by molar-refractivity contribution is 7.89. The van der Waals surface area contributed by atoms with Crippen LogP contribution < -0.4 is 37.2 Å². The van der Waals surface area contributed by atoms with Crippen molar-refractivity contribution in [1.29, 1.82) is 0 Å². The molecule has 4 fully saturated rings. The van der Waals surface area contributed by atoms with Gasteiger partial charge in [0.15, 0.2) is 40.1 Å². The Bertz CT molecular complexity index is 6810. The van der Waals surface area contributed by atoms with Crippen LogP contribution in [0.3, 0.4) is 0 Å². The molecule has 792 valence electrons. The SMILES string of the molecule is C.C.CCNC(=O)c1nn(CC2(c3cccc(C(F)(F)F)c3)CCCC2)cc(O)c1=O.CCOC(=O)c1nn(CC2(c3cc(C)cc(C(F)(F)F)c3)CCCC2)cc(O)c1=O.CCOC(=O)c1nn(CCc2ccccc2C(F)(F)F)cc(O)c1=O.CN(C)C(=O)c1nn(CC2(c3cccc(C(F)(F)F)c3)CCCC2)cc(O)c1=O.CS(=O)(=O)NC(=O)c1nn(CC2(c3cccc(C(F)(F)F)c3)CCCC2)cc(O)c1=O. The number of aromatic hydroxyl groups is 5. The number of esters is 2. The van der Waals surface area contributed by atoms with E-state index < -0.39 is 204 Å². The minimum atomic E-state index is -4.51. The van der Waals surface area contributed by atoms with Gasteiger partial charge < -0.3 is 45.2 Å². The van der Waals surface area contributed by atoms with E-state index in [0.29, 0.717) is 85.4 Å². The Labute approximate surface area is 825 Å². The number of sulfonamides is 1. The molecule has 146 heavy (non-hydrogen) atoms. The molecular weight excluding hydrogens is 1980 g/mol. The molecule has 4 aliphatic rings. The molecule has 14 rings (SSSR count). The minimum Gasteiger partial charge on any atom is -0.503 e. The van der Waals surface area contributed by atoms with Gasteiger partial charge in [-0.1, -0.05) is 151 Å². The van der Waals surface area contributed by atoms with Gasteiger partial charge in [-0.2, -0.15) is 91.3 Å². The Morgan fingerprint density at radius 3 is 1.03 bits per heavy atom. The highest BCUT2D eigenvalue weighted by Gasteiger charge is 2.46. The highest BCUT2D eigenvalue weighted by atomic mass is 32.2. The fraction of sp³-hybridized carbons (Fsp3) is 0.439. The number of benzene rings is 5. The molecule has 5 aromatic heterocycles. The second-order valence-corrected chi connectivity index (χ2v) is 37.1. The van der Waals surface area contributed by atoms with E-state index in [1.54, 1.807) is 49.8 Å². The van der Waals surface area contributed by atoms with Crippen molar-refractivity contribution in [2.75, 3.05) is 40.1 Å². The molecule has 5 aromatic carbocycles. The van der Waals surface area contributed by atoms with Crippen molar-refractivity contribution < 1.29 is 133 Å². The zero-order valence-electron chi connectivity index (χ0n) is 78.5. The first kappa shape index (κ1) is 117. The molecule has 0 saturated heterocycles. The van der Waals surface area contributed by atoms with Gasteiger partial charge >= 0.3 is 42.8 Å². The maximum atomic E-state index is 13.4. The molecule has 0 atom stereocenters. The summed E-state index contributed by atoms with van der Waals surface area (Å²) in [7, 11) is -1.07. The summed E-state index contributed by atoms with van der Waals surface area (Å²) in [4.78, 5) is 121. The fourth-order valence-corrected chi connectivity index (χ4v) is 18.4. The third-order valence-electron chi connectivity index (χ3n) is 24.8. The average Bonchev–Trinajstić information content (AvgIpc) is 1.54. The van der Waals surface area contributed by atoms with E-state index in [1.165, 1.54) is 76.4 Å². The van der Waals surface area contributed by atoms with Crippen LogP contribution in [-0.2, 0) is 111 Å². The van der Waals surface area contributed by atoms with Gasteiger partial charge in [0.25, 0.3) is 44.9 Å². The number of amides is 3. The van der Waals surface area contributed by atoms with Crippen molar-refractivity contribution in [2.45, 2.75) is 237 Å². The maximum absolute atomic E-state index is 13.4. The maximum Gasteiger partial charge on any atom is 0.416 e. The van der Waals surface area contributed by atoms with Gasteiger partial charge in [-0.05, 0) is 150 Å². The van der Waals surface area contributed by atoms with Crippen molar-refractivity contribution >= 4 is 39.7 Å². The highest BCUT2D eigenvalue weighted by Crippen LogP contribution is 2.49. The molecule has 48 heteroatoms. The van der Waals surface area contributed by atoms with Crippen LogP contribution in [0.4, 0.5) is 65.9 Å². The molecule has 7 N–H and O–H groups in total. The summed E-state index contributed by atoms with van der Waals surface area (Å²) < 4.78 is 237. The smallest absolute Gasteiger partial charge is 0.416 e. The topological polar surface area (TPSA) is 441 Å². The second kappa shape index (κ2) is 47.7. The van der Waals surface area contributed by atoms with Gasteiger partial charge in [-0.15, -0.1) is 0 Å². The summed E-state index contributed by atoms with van der Waals surface area (Å²) in [5, 5.41) is 71.8. The van der Waals surface area contributed by atoms with Crippen molar-refractivity contribution in [3.8, 4) is 28.7 Å². The molecule has 0 unspecified atom stereocenters. The first-order valence-electron chi connectivity index (χ1n) is 45.1. The van der Waals surface area contributed by atoms with Crippen molar-refractivity contribution in [2.24, 2.45) is 0 Å². The number of aromatic nitrogens is 10. The number of carbonyl (C=O) groups is 5. The lowest BCUT2D eigenvalue weighted by molar-refractivity contribution is -0.139. The number of carbonyl (C=O) groups excluding carboxylic acids is 5. The first-order valence-corrected chi connectivity index (χ1v) is 47.0. The van der Waals surface area contributed by atoms with E-state index >= 15 is 0 Å². The number of rotatable bonds is 24. The van der Waals surface area contributed by atoms with E-state index in [2.05, 4.69) is 35.5 Å². The van der Waals surface area contributed by atoms with Crippen LogP contribution in [-0.4, -0.2) is 158 Å². The number of ether oxygens (including phenoxy) is 2. The number of hydrogen-bond donors (Lipinski definition) is 7. The van der Waals surface area contributed by atoms with Crippen molar-refractivity contribution in [1.82, 2.24) is 63.8 Å². The quantitative estimate of drug-likeness (QED) is 0.0218. The molecule has 10 aromatic rings. The Hall–Kier alpha value is -14.3. The van der Waals surface area contributed by atoms with E-state index in [-0.39, 0.29) is 79.3 Å². The third kappa shape index (κ3) is 29.1. The van der Waals surface area contributed by atoms with Crippen LogP contribution in [0, 0.1) is 6.92 Å². The van der Waals surface area contributed by atoms with Gasteiger partial charge in [0.2, 0.25) is 27.1 Å². The monoisotopic (exact) mass is 2090 g/mol. The van der Waals surface area contributed by atoms with Crippen LogP contribution in [0.2, 0.25) is 0 Å². The largest absolute Gasteiger partial charge is 0.503 e. The molecule has 0 radical (unpaired) electrons. The first-order chi connectivity index (χ1) is 67.3. The Morgan fingerprint density at radius 2 is 0.699 bits per heavy atom. The van der Waals surface area contributed by atoms with E-state index in [1.807, 2.05) is 0 Å². The standard InChI is InChI=1S/C21H23F3N2O4.2C20H22F3N3O3.C19H20F3N3O5S.C16H15F3N2O4.2CH4/c1-3-30-19(29)17-18(28)16(27)11-26(25-17)12-20(6-4-5-7-20)14-8-13(2)9-15(10-14)21(22,23)24;1-25(2)18(29)16-17(28)15(27)11-26(24-16)12-19(8-3-4-9-19)13-6-5-7-14(10-13)20(21,22)23;1-2-24-18(29)16-17(28)15(27)11-26(25-16)12-19(8-3-4-9-19)13-6-5-7-14(10-13)20(21,22)23;1-31(29,30)24-17(28)15-16(27)14(26)10-25(23-15)11-18(7-2-3-8-18)12-5-4-6-13(9-12)19(20,21)22;1-2-25-15(24)13-14(23)12(22)9-21(20-13)8-7-10-5-3-4-6-11(10)16(17,18)19;;/h8-11,27H,3-7,12H2,1-2H3;5-7,10-11,27H,3-4,8-9,12H2,1-2H3;5-7,10-11,27H,2-4,8-9,12H2,1H3,(H,24,29);4-6,9-10,26H,2-3,7-8,11H2,1H3,(H,24,28);3-6,9,22H,2,7-8H2,1H3;2*1H4. The number of nitrogens with zero attached hydrogens (tertiary/aromatic N) is 11. The molecule has 0 spiro atoms. The number of aryl methyl sites for hydroxylation is 3. The van der Waals surface area contributed by atoms with E-state index in [9.17, 15) is 148 Å². The lowest BCUT2D eigenvalue weighted by Crippen LogP contribution is -2.36. The molecule has 32 nitrogen and oxygen atoms in total. The number of hydrogen-bond acceptors (Lipinski definition) is 24. The summed E-state index contributed by atoms with van der Waals surface area (Å²) in [5.74, 6) is -8.11. The van der Waals surface area contributed by atoms with Crippen LogP contribution in [0.1, 0.15) is 252 Å². The van der Waals surface area contributed by atoms with Crippen LogP contribution >= 0.6 is 0 Å². The third-order valence-corrected chi connectivity index (χ3v) is 25.3. The van der Waals surface area contributed by atoms with Crippen LogP contribution in [0.15, 0.2) is 170 Å². The van der Waals surface area contributed by atoms with Gasteiger partial charge in [0, 0.05) is 48.8 Å². The lowest BCUT2D eigenvalue weighted by Gasteiger charge is -2.31. The molecule has 3 amide bonds. The van der Waals surface area contributed by atoms with Gasteiger partial charge in [0.05, 0.1) is 104 Å². The van der Waals surface area contributed by atoms with Gasteiger partial charge in [0.1, 0.15) is 0 Å². The lowest BCUT2D eigenvalue weighted by atomic mass is 9.77. The Balaban J connectivity index is 0.000000222. The number of halogens is 15. The predicted molar refractivity (Wildman–Crippen MR) is 501 cm³/mol. The van der Waals surface area contributed by atoms with E-state index in [0.717, 1.165) is 146 Å². The zero-order valence-corrected chi connectivity index (χ0v) is 79.3. The second-order valence-electron chi connectivity index (χ2n) is 35.4. The van der Waals surface area contributed by atoms with Crippen molar-refractivity contribution in [3.63, 3.8) is 0 Å². The van der Waals surface area contributed by atoms with Gasteiger partial charge in [-0.25, -0.2) is 22.7 Å². The fourth-order valence-electron chi connectivity index (χ4n) is 18.0. The normalized spacial score (nSPS) is 15.0. The number of nitrogens with one attached hydrogen (secondary N) is 2. The summed E-state index contributed by atoms with van der Waals surface area (Å²) in [6.07, 6.45) is -5.04. The summed E-state index contributed by atoms with van der Waals surface area (Å²) >= 11 is 0. The molecular formula is C98H110F15N13O19S. The average molecular weight is 2090 g/mol. The number of alkyl halides is 15. The zero-order chi connectivity index (χ0) is 106. The van der Waals surface area contributed by atoms with Crippen LogP contribution in [0.5, 0.6) is 28.7 Å². The Morgan fingerprint density at radius 1 is 0.397 bits per heavy atom. The molecule has 4 aliphatic carbocycles. The Kier molecular flexibility index (Phi) is 38.2. The summed E-state index contributed by atoms with van der Waals surface area (Å²) in [5.41, 5.74) is -11.6. The molecule has 4 saturated carbocycles. The molecule has 0 bridgehead atoms. The predicted octanol–water partition coefficient (Wildman–Crippen LogP) is 16.2. The molecule has 5 heterocycles. The van der Waals surface area contributed by atoms with Crippen molar-refractivity contribution in [3.05, 3.63) is 287 Å². The minimum absolute atomic E-state index is 0. The summed E-state index contributed by atoms with van der Waals surface area (Å²) in [6, 6.07) is 24.5. The van der Waals surface area contributed by atoms with Crippen LogP contribution in [0.25, 0.3) is 0 Å². The molecule has 0 aliphatic heterocycles. The summed E-state index contributed by atoms with van der Waals surface area (Å²) in [6.45, 7) is 7.05. The van der Waals surface area contributed by atoms with E-state index in [4.69, 9.17) is 4.74 Å². The van der Waals surface area contributed by atoms with Gasteiger partial charge in [-0.3, -0.25) is 61.8 Å².